The molecule has 1 aliphatic heterocycles. The van der Waals surface area contributed by atoms with Gasteiger partial charge in [-0.05, 0) is 48.7 Å². The summed E-state index contributed by atoms with van der Waals surface area (Å²) in [7, 11) is 0. The third kappa shape index (κ3) is 5.67. The first-order valence-electron chi connectivity index (χ1n) is 12.1. The van der Waals surface area contributed by atoms with Crippen molar-refractivity contribution in [1.29, 1.82) is 0 Å². The molecule has 0 radical (unpaired) electrons. The van der Waals surface area contributed by atoms with E-state index in [1.54, 1.807) is 60.4 Å². The Morgan fingerprint density at radius 2 is 1.65 bits per heavy atom. The van der Waals surface area contributed by atoms with Gasteiger partial charge in [-0.25, -0.2) is 9.59 Å². The minimum Gasteiger partial charge on any atom is -0.463 e. The van der Waals surface area contributed by atoms with Crippen molar-refractivity contribution in [3.63, 3.8) is 0 Å². The number of nitrogens with one attached hydrogen (secondary N) is 2. The Bertz CT molecular complexity index is 1320. The van der Waals surface area contributed by atoms with E-state index in [1.807, 2.05) is 37.3 Å². The van der Waals surface area contributed by atoms with Crippen molar-refractivity contribution >= 4 is 40.9 Å². The lowest BCUT2D eigenvalue weighted by Crippen LogP contribution is -2.48. The van der Waals surface area contributed by atoms with Gasteiger partial charge in [0.2, 0.25) is 0 Å². The minimum atomic E-state index is -0.733. The third-order valence-electron chi connectivity index (χ3n) is 5.94. The SMILES string of the molecule is CCCN1C(=O)NC(c2ccc(NC(=O)c3ccccc3Cl)cc2)C(C(=O)OCC)=C1c1ccccc1. The smallest absolute Gasteiger partial charge is 0.338 e. The second kappa shape index (κ2) is 11.8. The Morgan fingerprint density at radius 3 is 2.30 bits per heavy atom. The molecule has 7 nitrogen and oxygen atoms in total. The molecule has 3 aromatic carbocycles. The molecule has 190 valence electrons. The quantitative estimate of drug-likeness (QED) is 0.356. The standard InChI is InChI=1S/C29H28ClN3O4/c1-3-18-33-26(20-10-6-5-7-11-20)24(28(35)37-4-2)25(32-29(33)36)19-14-16-21(17-15-19)31-27(34)22-12-8-9-13-23(22)30/h5-17,25H,3-4,18H2,1-2H3,(H,31,34)(H,32,36). The number of halogens is 1. The summed E-state index contributed by atoms with van der Waals surface area (Å²) in [4.78, 5) is 40.8. The summed E-state index contributed by atoms with van der Waals surface area (Å²) in [5.41, 5.74) is 3.23. The molecule has 37 heavy (non-hydrogen) atoms. The van der Waals surface area contributed by atoms with Gasteiger partial charge in [-0.1, -0.05) is 73.1 Å². The number of hydrogen-bond donors (Lipinski definition) is 2. The Morgan fingerprint density at radius 1 is 0.973 bits per heavy atom. The number of nitrogens with zero attached hydrogens (tertiary/aromatic N) is 1. The van der Waals surface area contributed by atoms with Gasteiger partial charge in [-0.2, -0.15) is 0 Å². The van der Waals surface area contributed by atoms with Gasteiger partial charge in [0.25, 0.3) is 5.91 Å². The molecule has 0 fully saturated rings. The predicted octanol–water partition coefficient (Wildman–Crippen LogP) is 6.04. The summed E-state index contributed by atoms with van der Waals surface area (Å²) in [6.45, 7) is 4.36. The second-order valence-corrected chi connectivity index (χ2v) is 8.85. The molecule has 0 saturated carbocycles. The molecule has 0 spiro atoms. The van der Waals surface area contributed by atoms with E-state index in [0.717, 1.165) is 5.56 Å². The maximum atomic E-state index is 13.3. The van der Waals surface area contributed by atoms with Crippen LogP contribution in [-0.2, 0) is 9.53 Å². The van der Waals surface area contributed by atoms with E-state index < -0.39 is 12.0 Å². The molecule has 1 heterocycles. The highest BCUT2D eigenvalue weighted by molar-refractivity contribution is 6.34. The van der Waals surface area contributed by atoms with Gasteiger partial charge in [0, 0.05) is 12.2 Å². The van der Waals surface area contributed by atoms with Crippen molar-refractivity contribution in [1.82, 2.24) is 10.2 Å². The number of hydrogen-bond acceptors (Lipinski definition) is 4. The van der Waals surface area contributed by atoms with Gasteiger partial charge in [0.15, 0.2) is 0 Å². The molecule has 0 bridgehead atoms. The molecule has 4 rings (SSSR count). The number of benzene rings is 3. The number of ether oxygens (including phenoxy) is 1. The van der Waals surface area contributed by atoms with Crippen LogP contribution in [0.5, 0.6) is 0 Å². The van der Waals surface area contributed by atoms with Crippen molar-refractivity contribution in [3.05, 3.63) is 106 Å². The highest BCUT2D eigenvalue weighted by Crippen LogP contribution is 2.37. The van der Waals surface area contributed by atoms with Crippen LogP contribution in [0.25, 0.3) is 5.70 Å². The van der Waals surface area contributed by atoms with Crippen molar-refractivity contribution in [3.8, 4) is 0 Å². The minimum absolute atomic E-state index is 0.200. The number of carbonyl (C=O) groups is 3. The molecule has 0 saturated heterocycles. The van der Waals surface area contributed by atoms with Gasteiger partial charge in [-0.15, -0.1) is 0 Å². The first-order valence-corrected chi connectivity index (χ1v) is 12.5. The van der Waals surface area contributed by atoms with E-state index in [1.165, 1.54) is 0 Å². The zero-order valence-corrected chi connectivity index (χ0v) is 21.4. The highest BCUT2D eigenvalue weighted by Gasteiger charge is 2.38. The molecule has 2 N–H and O–H groups in total. The van der Waals surface area contributed by atoms with E-state index in [-0.39, 0.29) is 18.5 Å². The third-order valence-corrected chi connectivity index (χ3v) is 6.27. The van der Waals surface area contributed by atoms with Crippen LogP contribution in [0.15, 0.2) is 84.4 Å². The van der Waals surface area contributed by atoms with Crippen LogP contribution < -0.4 is 10.6 Å². The number of rotatable bonds is 8. The van der Waals surface area contributed by atoms with E-state index >= 15 is 0 Å². The Kier molecular flexibility index (Phi) is 8.25. The normalized spacial score (nSPS) is 15.3. The zero-order valence-electron chi connectivity index (χ0n) is 20.7. The summed E-state index contributed by atoms with van der Waals surface area (Å²) in [5.74, 6) is -0.832. The fourth-order valence-corrected chi connectivity index (χ4v) is 4.50. The first kappa shape index (κ1) is 26.0. The highest BCUT2D eigenvalue weighted by atomic mass is 35.5. The lowest BCUT2D eigenvalue weighted by Gasteiger charge is -2.36. The van der Waals surface area contributed by atoms with Crippen LogP contribution in [-0.4, -0.2) is 36.0 Å². The largest absolute Gasteiger partial charge is 0.463 e. The molecular formula is C29H28ClN3O4. The Labute approximate surface area is 221 Å². The molecule has 3 aromatic rings. The molecule has 3 amide bonds. The predicted molar refractivity (Wildman–Crippen MR) is 144 cm³/mol. The van der Waals surface area contributed by atoms with Gasteiger partial charge in [0.05, 0.1) is 34.5 Å². The topological polar surface area (TPSA) is 87.7 Å². The molecule has 1 aliphatic rings. The monoisotopic (exact) mass is 517 g/mol. The van der Waals surface area contributed by atoms with E-state index in [0.29, 0.717) is 46.1 Å². The van der Waals surface area contributed by atoms with E-state index in [9.17, 15) is 14.4 Å². The van der Waals surface area contributed by atoms with E-state index in [4.69, 9.17) is 16.3 Å². The fourth-order valence-electron chi connectivity index (χ4n) is 4.28. The molecular weight excluding hydrogens is 490 g/mol. The van der Waals surface area contributed by atoms with Crippen LogP contribution in [0.2, 0.25) is 5.02 Å². The van der Waals surface area contributed by atoms with Crippen LogP contribution in [0, 0.1) is 0 Å². The fraction of sp³-hybridized carbons (Fsp3) is 0.207. The summed E-state index contributed by atoms with van der Waals surface area (Å²) < 4.78 is 5.44. The average molecular weight is 518 g/mol. The number of amides is 3. The summed E-state index contributed by atoms with van der Waals surface area (Å²) in [5, 5.41) is 6.16. The van der Waals surface area contributed by atoms with Gasteiger partial charge in [0.1, 0.15) is 0 Å². The average Bonchev–Trinajstić information content (AvgIpc) is 2.90. The van der Waals surface area contributed by atoms with Gasteiger partial charge < -0.3 is 15.4 Å². The van der Waals surface area contributed by atoms with Gasteiger partial charge in [-0.3, -0.25) is 9.69 Å². The van der Waals surface area contributed by atoms with Crippen molar-refractivity contribution in [2.24, 2.45) is 0 Å². The Balaban J connectivity index is 1.73. The summed E-state index contributed by atoms with van der Waals surface area (Å²) in [6, 6.07) is 22.1. The first-order chi connectivity index (χ1) is 17.9. The molecule has 0 aromatic heterocycles. The molecule has 1 unspecified atom stereocenters. The van der Waals surface area contributed by atoms with Crippen LogP contribution in [0.3, 0.4) is 0 Å². The number of carbonyl (C=O) groups excluding carboxylic acids is 3. The summed E-state index contributed by atoms with van der Waals surface area (Å²) in [6.07, 6.45) is 0.713. The molecule has 8 heteroatoms. The number of urea groups is 1. The van der Waals surface area contributed by atoms with Gasteiger partial charge >= 0.3 is 12.0 Å². The van der Waals surface area contributed by atoms with Crippen molar-refractivity contribution < 1.29 is 19.1 Å². The summed E-state index contributed by atoms with van der Waals surface area (Å²) >= 11 is 6.14. The maximum Gasteiger partial charge on any atom is 0.338 e. The van der Waals surface area contributed by atoms with E-state index in [2.05, 4.69) is 10.6 Å². The van der Waals surface area contributed by atoms with Crippen LogP contribution >= 0.6 is 11.6 Å². The zero-order chi connectivity index (χ0) is 26.4. The van der Waals surface area contributed by atoms with Crippen molar-refractivity contribution in [2.75, 3.05) is 18.5 Å². The van der Waals surface area contributed by atoms with Crippen LogP contribution in [0.1, 0.15) is 47.8 Å². The maximum absolute atomic E-state index is 13.3. The second-order valence-electron chi connectivity index (χ2n) is 8.44. The molecule has 1 atom stereocenters. The number of esters is 1. The lowest BCUT2D eigenvalue weighted by atomic mass is 9.91. The lowest BCUT2D eigenvalue weighted by molar-refractivity contribution is -0.138. The number of anilines is 1. The van der Waals surface area contributed by atoms with Crippen LogP contribution in [0.4, 0.5) is 10.5 Å². The Hall–Kier alpha value is -4.10. The van der Waals surface area contributed by atoms with Crippen molar-refractivity contribution in [2.45, 2.75) is 26.3 Å². The molecule has 0 aliphatic carbocycles.